The number of halogens is 1. The lowest BCUT2D eigenvalue weighted by atomic mass is 9.98. The van der Waals surface area contributed by atoms with Gasteiger partial charge in [0.05, 0.1) is 6.10 Å². The average Bonchev–Trinajstić information content (AvgIpc) is 2.54. The maximum absolute atomic E-state index is 13.4. The van der Waals surface area contributed by atoms with Crippen LogP contribution in [0.25, 0.3) is 0 Å². The van der Waals surface area contributed by atoms with Crippen LogP contribution in [-0.2, 0) is 4.74 Å². The molecule has 106 valence electrons. The van der Waals surface area contributed by atoms with E-state index < -0.39 is 0 Å². The van der Waals surface area contributed by atoms with E-state index in [4.69, 9.17) is 10.5 Å². The number of nitrogens with zero attached hydrogens (tertiary/aromatic N) is 1. The van der Waals surface area contributed by atoms with Gasteiger partial charge in [0.15, 0.2) is 0 Å². The lowest BCUT2D eigenvalue weighted by Crippen LogP contribution is -2.42. The molecule has 19 heavy (non-hydrogen) atoms. The molecule has 0 radical (unpaired) electrons. The molecule has 1 aliphatic rings. The van der Waals surface area contributed by atoms with Crippen molar-refractivity contribution in [1.82, 2.24) is 4.90 Å². The van der Waals surface area contributed by atoms with Crippen LogP contribution in [0.15, 0.2) is 24.3 Å². The second-order valence-electron chi connectivity index (χ2n) is 5.39. The van der Waals surface area contributed by atoms with Gasteiger partial charge < -0.3 is 10.5 Å². The minimum Gasteiger partial charge on any atom is -0.377 e. The van der Waals surface area contributed by atoms with Crippen molar-refractivity contribution >= 4 is 0 Å². The third kappa shape index (κ3) is 3.75. The summed E-state index contributed by atoms with van der Waals surface area (Å²) in [5.74, 6) is -0.206. The highest BCUT2D eigenvalue weighted by molar-refractivity contribution is 5.21. The molecule has 4 heteroatoms. The molecule has 0 aromatic heterocycles. The Morgan fingerprint density at radius 2 is 2.26 bits per heavy atom. The van der Waals surface area contributed by atoms with E-state index >= 15 is 0 Å². The van der Waals surface area contributed by atoms with Crippen molar-refractivity contribution < 1.29 is 9.13 Å². The Balaban J connectivity index is 2.24. The van der Waals surface area contributed by atoms with E-state index in [2.05, 4.69) is 11.8 Å². The molecule has 0 aliphatic carbocycles. The van der Waals surface area contributed by atoms with E-state index in [-0.39, 0.29) is 24.0 Å². The smallest absolute Gasteiger partial charge is 0.123 e. The number of benzene rings is 1. The van der Waals surface area contributed by atoms with Gasteiger partial charge in [-0.1, -0.05) is 12.1 Å². The lowest BCUT2D eigenvalue weighted by Gasteiger charge is -2.34. The molecule has 1 saturated heterocycles. The van der Waals surface area contributed by atoms with Gasteiger partial charge in [-0.25, -0.2) is 4.39 Å². The summed E-state index contributed by atoms with van der Waals surface area (Å²) in [7, 11) is 0. The predicted octanol–water partition coefficient (Wildman–Crippen LogP) is 2.32. The summed E-state index contributed by atoms with van der Waals surface area (Å²) in [5.41, 5.74) is 7.09. The topological polar surface area (TPSA) is 38.5 Å². The van der Waals surface area contributed by atoms with E-state index in [0.717, 1.165) is 31.7 Å². The molecule has 2 N–H and O–H groups in total. The van der Waals surface area contributed by atoms with E-state index in [1.54, 1.807) is 12.1 Å². The van der Waals surface area contributed by atoms with Crippen molar-refractivity contribution in [3.05, 3.63) is 35.6 Å². The van der Waals surface area contributed by atoms with E-state index in [1.807, 2.05) is 13.0 Å². The molecule has 1 heterocycles. The van der Waals surface area contributed by atoms with Gasteiger partial charge in [0.25, 0.3) is 0 Å². The maximum atomic E-state index is 13.4. The van der Waals surface area contributed by atoms with Crippen LogP contribution in [0.2, 0.25) is 0 Å². The van der Waals surface area contributed by atoms with E-state index in [9.17, 15) is 4.39 Å². The maximum Gasteiger partial charge on any atom is 0.123 e. The van der Waals surface area contributed by atoms with E-state index in [1.165, 1.54) is 6.07 Å². The highest BCUT2D eigenvalue weighted by Crippen LogP contribution is 2.26. The first-order chi connectivity index (χ1) is 9.08. The molecule has 1 aromatic rings. The van der Waals surface area contributed by atoms with Crippen molar-refractivity contribution in [2.45, 2.75) is 38.5 Å². The zero-order valence-corrected chi connectivity index (χ0v) is 11.7. The van der Waals surface area contributed by atoms with Gasteiger partial charge in [-0.2, -0.15) is 0 Å². The molecule has 1 fully saturated rings. The fourth-order valence-corrected chi connectivity index (χ4v) is 2.82. The van der Waals surface area contributed by atoms with Crippen molar-refractivity contribution in [2.75, 3.05) is 19.7 Å². The van der Waals surface area contributed by atoms with Crippen LogP contribution in [0.3, 0.4) is 0 Å². The summed E-state index contributed by atoms with van der Waals surface area (Å²) in [6.07, 6.45) is 1.18. The highest BCUT2D eigenvalue weighted by atomic mass is 19.1. The first kappa shape index (κ1) is 14.4. The minimum absolute atomic E-state index is 0.0415. The van der Waals surface area contributed by atoms with Gasteiger partial charge in [0.2, 0.25) is 0 Å². The first-order valence-corrected chi connectivity index (χ1v) is 6.94. The lowest BCUT2D eigenvalue weighted by molar-refractivity contribution is 0.0583. The highest BCUT2D eigenvalue weighted by Gasteiger charge is 2.27. The number of hydrogen-bond acceptors (Lipinski definition) is 3. The van der Waals surface area contributed by atoms with Gasteiger partial charge >= 0.3 is 0 Å². The minimum atomic E-state index is -0.206. The molecule has 3 unspecified atom stereocenters. The first-order valence-electron chi connectivity index (χ1n) is 6.94. The fourth-order valence-electron chi connectivity index (χ4n) is 2.82. The van der Waals surface area contributed by atoms with Crippen LogP contribution < -0.4 is 5.73 Å². The zero-order chi connectivity index (χ0) is 13.8. The van der Waals surface area contributed by atoms with Gasteiger partial charge in [-0.05, 0) is 38.0 Å². The summed E-state index contributed by atoms with van der Waals surface area (Å²) >= 11 is 0. The number of rotatable bonds is 3. The Morgan fingerprint density at radius 1 is 1.47 bits per heavy atom. The van der Waals surface area contributed by atoms with Crippen LogP contribution in [0.1, 0.15) is 31.9 Å². The Morgan fingerprint density at radius 3 is 2.95 bits per heavy atom. The van der Waals surface area contributed by atoms with Crippen LogP contribution in [0.5, 0.6) is 0 Å². The second kappa shape index (κ2) is 6.46. The standard InChI is InChI=1S/C15H23FN2O/c1-11-10-18(7-4-8-19-11)15(12(2)17)13-5-3-6-14(16)9-13/h3,5-6,9,11-12,15H,4,7-8,10,17H2,1-2H3. The summed E-state index contributed by atoms with van der Waals surface area (Å²) in [6.45, 7) is 6.61. The molecule has 1 aromatic carbocycles. The largest absolute Gasteiger partial charge is 0.377 e. The molecular formula is C15H23FN2O. The van der Waals surface area contributed by atoms with Gasteiger partial charge in [-0.3, -0.25) is 4.90 Å². The second-order valence-corrected chi connectivity index (χ2v) is 5.39. The Hall–Kier alpha value is -0.970. The molecule has 0 bridgehead atoms. The van der Waals surface area contributed by atoms with Crippen LogP contribution in [-0.4, -0.2) is 36.7 Å². The Kier molecular flexibility index (Phi) is 4.91. The fraction of sp³-hybridized carbons (Fsp3) is 0.600. The van der Waals surface area contributed by atoms with Gasteiger partial charge in [0, 0.05) is 31.8 Å². The van der Waals surface area contributed by atoms with Gasteiger partial charge in [-0.15, -0.1) is 0 Å². The third-order valence-electron chi connectivity index (χ3n) is 3.57. The quantitative estimate of drug-likeness (QED) is 0.912. The monoisotopic (exact) mass is 266 g/mol. The molecule has 0 amide bonds. The SMILES string of the molecule is CC1CN(C(c2cccc(F)c2)C(C)N)CCCO1. The molecule has 0 saturated carbocycles. The molecule has 1 aliphatic heterocycles. The summed E-state index contributed by atoms with van der Waals surface area (Å²) in [4.78, 5) is 2.32. The van der Waals surface area contributed by atoms with Crippen molar-refractivity contribution in [2.24, 2.45) is 5.73 Å². The van der Waals surface area contributed by atoms with E-state index in [0.29, 0.717) is 0 Å². The normalized spacial score (nSPS) is 24.7. The molecule has 0 spiro atoms. The Labute approximate surface area is 114 Å². The van der Waals surface area contributed by atoms with Gasteiger partial charge in [0.1, 0.15) is 5.82 Å². The molecule has 3 nitrogen and oxygen atoms in total. The number of ether oxygens (including phenoxy) is 1. The Bertz CT molecular complexity index is 411. The van der Waals surface area contributed by atoms with Crippen LogP contribution >= 0.6 is 0 Å². The predicted molar refractivity (Wildman–Crippen MR) is 74.4 cm³/mol. The van der Waals surface area contributed by atoms with Crippen LogP contribution in [0, 0.1) is 5.82 Å². The summed E-state index contributed by atoms with van der Waals surface area (Å²) < 4.78 is 19.1. The third-order valence-corrected chi connectivity index (χ3v) is 3.57. The van der Waals surface area contributed by atoms with Crippen molar-refractivity contribution in [1.29, 1.82) is 0 Å². The number of nitrogens with two attached hydrogens (primary N) is 1. The van der Waals surface area contributed by atoms with Crippen molar-refractivity contribution in [3.8, 4) is 0 Å². The average molecular weight is 266 g/mol. The summed E-state index contributed by atoms with van der Waals surface area (Å²) in [6, 6.07) is 6.75. The number of hydrogen-bond donors (Lipinski definition) is 1. The summed E-state index contributed by atoms with van der Waals surface area (Å²) in [5, 5.41) is 0. The molecule has 2 rings (SSSR count). The molecular weight excluding hydrogens is 243 g/mol. The molecule has 3 atom stereocenters. The van der Waals surface area contributed by atoms with Crippen LogP contribution in [0.4, 0.5) is 4.39 Å². The zero-order valence-electron chi connectivity index (χ0n) is 11.7. The van der Waals surface area contributed by atoms with Crippen molar-refractivity contribution in [3.63, 3.8) is 0 Å².